The predicted molar refractivity (Wildman–Crippen MR) is 109 cm³/mol. The molecule has 5 heteroatoms. The van der Waals surface area contributed by atoms with Gasteiger partial charge in [-0.15, -0.1) is 0 Å². The molecule has 0 atom stereocenters. The highest BCUT2D eigenvalue weighted by atomic mass is 16.4. The number of nitrogens with zero attached hydrogens (tertiary/aromatic N) is 1. The number of allylic oxidation sites excluding steroid dienone is 1. The molecule has 5 nitrogen and oxygen atoms in total. The minimum Gasteiger partial charge on any atom is -0.441 e. The lowest BCUT2D eigenvalue weighted by Crippen LogP contribution is -2.27. The van der Waals surface area contributed by atoms with Gasteiger partial charge in [-0.3, -0.25) is 9.59 Å². The van der Waals surface area contributed by atoms with Crippen LogP contribution in [0.2, 0.25) is 0 Å². The van der Waals surface area contributed by atoms with Crippen molar-refractivity contribution < 1.29 is 14.0 Å². The predicted octanol–water partition coefficient (Wildman–Crippen LogP) is 4.47. The van der Waals surface area contributed by atoms with Gasteiger partial charge < -0.3 is 9.73 Å². The van der Waals surface area contributed by atoms with Gasteiger partial charge in [0.15, 0.2) is 0 Å². The number of carbonyl (C=O) groups excluding carboxylic acids is 2. The van der Waals surface area contributed by atoms with Crippen LogP contribution >= 0.6 is 0 Å². The quantitative estimate of drug-likeness (QED) is 0.542. The van der Waals surface area contributed by atoms with Gasteiger partial charge in [-0.25, -0.2) is 4.98 Å². The summed E-state index contributed by atoms with van der Waals surface area (Å²) in [7, 11) is 0. The Labute approximate surface area is 166 Å². The second kappa shape index (κ2) is 9.49. The maximum absolute atomic E-state index is 12.3. The van der Waals surface area contributed by atoms with E-state index in [1.54, 1.807) is 6.92 Å². The number of benzene rings is 1. The first-order chi connectivity index (χ1) is 13.5. The smallest absolute Gasteiger partial charge is 0.227 e. The first-order valence-corrected chi connectivity index (χ1v) is 10.0. The number of amides is 1. The van der Waals surface area contributed by atoms with E-state index < -0.39 is 0 Å². The van der Waals surface area contributed by atoms with Crippen molar-refractivity contribution in [3.05, 3.63) is 52.9 Å². The summed E-state index contributed by atoms with van der Waals surface area (Å²) in [6.45, 7) is 4.41. The van der Waals surface area contributed by atoms with Crippen LogP contribution in [0.1, 0.15) is 55.5 Å². The van der Waals surface area contributed by atoms with Crippen LogP contribution in [0.3, 0.4) is 0 Å². The van der Waals surface area contributed by atoms with E-state index in [0.717, 1.165) is 30.4 Å². The Bertz CT molecular complexity index is 862. The van der Waals surface area contributed by atoms with Gasteiger partial charge in [0.25, 0.3) is 0 Å². The molecule has 28 heavy (non-hydrogen) atoms. The van der Waals surface area contributed by atoms with Crippen LogP contribution in [0.15, 0.2) is 40.3 Å². The molecule has 0 saturated heterocycles. The Hall–Kier alpha value is -2.69. The number of carbonyl (C=O) groups is 2. The lowest BCUT2D eigenvalue weighted by molar-refractivity contribution is -0.127. The first-order valence-electron chi connectivity index (χ1n) is 10.0. The van der Waals surface area contributed by atoms with Gasteiger partial charge in [0.1, 0.15) is 11.5 Å². The fourth-order valence-electron chi connectivity index (χ4n) is 3.40. The zero-order valence-electron chi connectivity index (χ0n) is 16.7. The molecule has 0 aliphatic heterocycles. The number of ketones is 1. The molecule has 1 aliphatic rings. The minimum atomic E-state index is -0.221. The summed E-state index contributed by atoms with van der Waals surface area (Å²) in [6.07, 6.45) is 7.91. The van der Waals surface area contributed by atoms with Crippen molar-refractivity contribution in [2.24, 2.45) is 0 Å². The van der Waals surface area contributed by atoms with E-state index in [9.17, 15) is 9.59 Å². The Morgan fingerprint density at radius 2 is 1.93 bits per heavy atom. The third-order valence-corrected chi connectivity index (χ3v) is 5.07. The average Bonchev–Trinajstić information content (AvgIpc) is 3.03. The summed E-state index contributed by atoms with van der Waals surface area (Å²) in [5, 5.41) is 2.85. The molecule has 0 saturated carbocycles. The van der Waals surface area contributed by atoms with Gasteiger partial charge in [0.05, 0.1) is 18.5 Å². The van der Waals surface area contributed by atoms with Crippen LogP contribution in [0.5, 0.6) is 0 Å². The third-order valence-electron chi connectivity index (χ3n) is 5.07. The van der Waals surface area contributed by atoms with Crippen molar-refractivity contribution in [2.45, 2.75) is 58.8 Å². The maximum atomic E-state index is 12.3. The van der Waals surface area contributed by atoms with Crippen molar-refractivity contribution in [1.29, 1.82) is 0 Å². The summed E-state index contributed by atoms with van der Waals surface area (Å²) in [5.41, 5.74) is 4.05. The highest BCUT2D eigenvalue weighted by Crippen LogP contribution is 2.23. The van der Waals surface area contributed by atoms with E-state index in [-0.39, 0.29) is 24.5 Å². The molecule has 1 heterocycles. The molecule has 1 amide bonds. The number of aromatic nitrogens is 1. The SMILES string of the molecule is Cc1ccc(-c2nc(CC(=O)CC(=O)NCCC3=CCCCC3)c(C)o2)cc1. The second-order valence-corrected chi connectivity index (χ2v) is 7.49. The summed E-state index contributed by atoms with van der Waals surface area (Å²) < 4.78 is 5.71. The van der Waals surface area contributed by atoms with Gasteiger partial charge >= 0.3 is 0 Å². The van der Waals surface area contributed by atoms with E-state index in [1.165, 1.54) is 18.4 Å². The molecular formula is C23H28N2O3. The lowest BCUT2D eigenvalue weighted by Gasteiger charge is -2.12. The molecule has 0 fully saturated rings. The fraction of sp³-hybridized carbons (Fsp3) is 0.435. The van der Waals surface area contributed by atoms with Crippen LogP contribution in [0.4, 0.5) is 0 Å². The zero-order chi connectivity index (χ0) is 19.9. The highest BCUT2D eigenvalue weighted by Gasteiger charge is 2.17. The van der Waals surface area contributed by atoms with Gasteiger partial charge in [-0.05, 0) is 58.1 Å². The molecule has 2 aromatic rings. The van der Waals surface area contributed by atoms with Crippen molar-refractivity contribution in [1.82, 2.24) is 10.3 Å². The van der Waals surface area contributed by atoms with Crippen molar-refractivity contribution >= 4 is 11.7 Å². The first kappa shape index (κ1) is 20.1. The summed E-state index contributed by atoms with van der Waals surface area (Å²) >= 11 is 0. The minimum absolute atomic E-state index is 0.111. The number of Topliss-reactive ketones (excluding diaryl/α,β-unsaturated/α-hetero) is 1. The molecular weight excluding hydrogens is 352 g/mol. The standard InChI is InChI=1S/C23H28N2O3/c1-16-8-10-19(11-9-16)23-25-21(17(2)28-23)14-20(26)15-22(27)24-13-12-18-6-4-3-5-7-18/h6,8-11H,3-5,7,12-15H2,1-2H3,(H,24,27). The van der Waals surface area contributed by atoms with Crippen LogP contribution in [-0.4, -0.2) is 23.2 Å². The molecule has 1 aromatic heterocycles. The van der Waals surface area contributed by atoms with E-state index >= 15 is 0 Å². The summed E-state index contributed by atoms with van der Waals surface area (Å²) in [4.78, 5) is 28.8. The van der Waals surface area contributed by atoms with E-state index in [4.69, 9.17) is 4.42 Å². The molecule has 148 valence electrons. The molecule has 0 spiro atoms. The number of oxazole rings is 1. The molecule has 3 rings (SSSR count). The zero-order valence-corrected chi connectivity index (χ0v) is 16.7. The van der Waals surface area contributed by atoms with Crippen LogP contribution in [0.25, 0.3) is 11.5 Å². The molecule has 0 bridgehead atoms. The highest BCUT2D eigenvalue weighted by molar-refractivity contribution is 5.98. The lowest BCUT2D eigenvalue weighted by atomic mass is 9.97. The number of rotatable bonds is 8. The second-order valence-electron chi connectivity index (χ2n) is 7.49. The number of hydrogen-bond donors (Lipinski definition) is 1. The molecule has 1 N–H and O–H groups in total. The van der Waals surface area contributed by atoms with Crippen molar-refractivity contribution in [3.8, 4) is 11.5 Å². The summed E-state index contributed by atoms with van der Waals surface area (Å²) in [5.74, 6) is 0.752. The average molecular weight is 380 g/mol. The van der Waals surface area contributed by atoms with E-state index in [2.05, 4.69) is 16.4 Å². The Balaban J connectivity index is 1.48. The number of hydrogen-bond acceptors (Lipinski definition) is 4. The molecule has 1 aromatic carbocycles. The normalized spacial score (nSPS) is 13.9. The largest absolute Gasteiger partial charge is 0.441 e. The Morgan fingerprint density at radius 1 is 1.14 bits per heavy atom. The summed E-state index contributed by atoms with van der Waals surface area (Å²) in [6, 6.07) is 7.88. The molecule has 0 radical (unpaired) electrons. The van der Waals surface area contributed by atoms with Crippen molar-refractivity contribution in [2.75, 3.05) is 6.54 Å². The van der Waals surface area contributed by atoms with Crippen molar-refractivity contribution in [3.63, 3.8) is 0 Å². The van der Waals surface area contributed by atoms with Gasteiger partial charge in [-0.1, -0.05) is 29.3 Å². The number of nitrogens with one attached hydrogen (secondary N) is 1. The van der Waals surface area contributed by atoms with Crippen LogP contribution < -0.4 is 5.32 Å². The fourth-order valence-corrected chi connectivity index (χ4v) is 3.40. The van der Waals surface area contributed by atoms with Gasteiger partial charge in [0, 0.05) is 12.1 Å². The molecule has 0 unspecified atom stereocenters. The third kappa shape index (κ3) is 5.65. The van der Waals surface area contributed by atoms with Crippen LogP contribution in [-0.2, 0) is 16.0 Å². The molecule has 1 aliphatic carbocycles. The van der Waals surface area contributed by atoms with E-state index in [0.29, 0.717) is 23.9 Å². The Kier molecular flexibility index (Phi) is 6.80. The monoisotopic (exact) mass is 380 g/mol. The van der Waals surface area contributed by atoms with Gasteiger partial charge in [-0.2, -0.15) is 0 Å². The van der Waals surface area contributed by atoms with Gasteiger partial charge in [0.2, 0.25) is 11.8 Å². The van der Waals surface area contributed by atoms with E-state index in [1.807, 2.05) is 31.2 Å². The Morgan fingerprint density at radius 3 is 2.64 bits per heavy atom. The number of aryl methyl sites for hydroxylation is 2. The maximum Gasteiger partial charge on any atom is 0.227 e. The van der Waals surface area contributed by atoms with Crippen LogP contribution in [0, 0.1) is 13.8 Å². The topological polar surface area (TPSA) is 72.2 Å².